The summed E-state index contributed by atoms with van der Waals surface area (Å²) >= 11 is 0. The Morgan fingerprint density at radius 3 is 2.50 bits per heavy atom. The van der Waals surface area contributed by atoms with Gasteiger partial charge in [-0.2, -0.15) is 0 Å². The van der Waals surface area contributed by atoms with Crippen LogP contribution in [0.1, 0.15) is 28.4 Å². The second-order valence-electron chi connectivity index (χ2n) is 4.30. The molecule has 102 valence electrons. The Morgan fingerprint density at radius 1 is 1.15 bits per heavy atom. The highest BCUT2D eigenvalue weighted by Gasteiger charge is 2.13. The standard InChI is InChI=1S/C17H16O3/c1-3-20-17(19)14-9-10-16(18)15(11-14)12(2)13-7-5-4-6-8-13/h4-11,18H,2-3H2,1H3. The molecule has 0 fully saturated rings. The zero-order valence-corrected chi connectivity index (χ0v) is 11.3. The molecule has 0 bridgehead atoms. The molecule has 0 aliphatic carbocycles. The van der Waals surface area contributed by atoms with Crippen molar-refractivity contribution in [3.05, 3.63) is 71.8 Å². The average Bonchev–Trinajstić information content (AvgIpc) is 2.48. The van der Waals surface area contributed by atoms with Gasteiger partial charge in [0, 0.05) is 5.56 Å². The minimum absolute atomic E-state index is 0.0897. The molecule has 0 amide bonds. The number of esters is 1. The number of carbonyl (C=O) groups excluding carboxylic acids is 1. The quantitative estimate of drug-likeness (QED) is 0.861. The zero-order valence-electron chi connectivity index (χ0n) is 11.3. The molecule has 2 rings (SSSR count). The van der Waals surface area contributed by atoms with Gasteiger partial charge < -0.3 is 9.84 Å². The predicted octanol–water partition coefficient (Wildman–Crippen LogP) is 3.63. The highest BCUT2D eigenvalue weighted by atomic mass is 16.5. The molecule has 1 N–H and O–H groups in total. The third kappa shape index (κ3) is 2.88. The first kappa shape index (κ1) is 13.9. The Hall–Kier alpha value is -2.55. The Kier molecular flexibility index (Phi) is 4.20. The van der Waals surface area contributed by atoms with Gasteiger partial charge >= 0.3 is 5.97 Å². The number of benzene rings is 2. The van der Waals surface area contributed by atoms with Crippen LogP contribution >= 0.6 is 0 Å². The SMILES string of the molecule is C=C(c1ccccc1)c1cc(C(=O)OCC)ccc1O. The van der Waals surface area contributed by atoms with Gasteiger partial charge in [-0.25, -0.2) is 4.79 Å². The number of ether oxygens (including phenoxy) is 1. The summed E-state index contributed by atoms with van der Waals surface area (Å²) in [7, 11) is 0. The van der Waals surface area contributed by atoms with Crippen LogP contribution < -0.4 is 0 Å². The lowest BCUT2D eigenvalue weighted by Crippen LogP contribution is -2.05. The molecule has 0 unspecified atom stereocenters. The van der Waals surface area contributed by atoms with Crippen molar-refractivity contribution in [3.8, 4) is 5.75 Å². The molecular weight excluding hydrogens is 252 g/mol. The van der Waals surface area contributed by atoms with Crippen molar-refractivity contribution in [3.63, 3.8) is 0 Å². The van der Waals surface area contributed by atoms with E-state index in [2.05, 4.69) is 6.58 Å². The molecule has 3 heteroatoms. The second-order valence-corrected chi connectivity index (χ2v) is 4.30. The van der Waals surface area contributed by atoms with Gasteiger partial charge in [-0.1, -0.05) is 36.9 Å². The first-order valence-corrected chi connectivity index (χ1v) is 6.38. The number of aromatic hydroxyl groups is 1. The summed E-state index contributed by atoms with van der Waals surface area (Å²) in [5, 5.41) is 9.97. The topological polar surface area (TPSA) is 46.5 Å². The Labute approximate surface area is 118 Å². The van der Waals surface area contributed by atoms with E-state index in [4.69, 9.17) is 4.74 Å². The third-order valence-corrected chi connectivity index (χ3v) is 2.96. The van der Waals surface area contributed by atoms with Crippen molar-refractivity contribution < 1.29 is 14.6 Å². The van der Waals surface area contributed by atoms with E-state index in [1.807, 2.05) is 30.3 Å². The predicted molar refractivity (Wildman–Crippen MR) is 78.6 cm³/mol. The summed E-state index contributed by atoms with van der Waals surface area (Å²) in [6.07, 6.45) is 0. The van der Waals surface area contributed by atoms with Crippen LogP contribution in [0, 0.1) is 0 Å². The van der Waals surface area contributed by atoms with Gasteiger partial charge in [0.25, 0.3) is 0 Å². The average molecular weight is 268 g/mol. The number of hydrogen-bond donors (Lipinski definition) is 1. The van der Waals surface area contributed by atoms with Crippen molar-refractivity contribution in [2.45, 2.75) is 6.92 Å². The minimum Gasteiger partial charge on any atom is -0.507 e. The lowest BCUT2D eigenvalue weighted by molar-refractivity contribution is 0.0526. The van der Waals surface area contributed by atoms with Crippen molar-refractivity contribution in [2.24, 2.45) is 0 Å². The highest BCUT2D eigenvalue weighted by Crippen LogP contribution is 2.30. The molecular formula is C17H16O3. The van der Waals surface area contributed by atoms with Crippen LogP contribution in [0.3, 0.4) is 0 Å². The van der Waals surface area contributed by atoms with E-state index in [0.29, 0.717) is 23.3 Å². The molecule has 0 aliphatic heterocycles. The maximum Gasteiger partial charge on any atom is 0.338 e. The fourth-order valence-corrected chi connectivity index (χ4v) is 1.91. The van der Waals surface area contributed by atoms with Crippen molar-refractivity contribution in [1.29, 1.82) is 0 Å². The molecule has 0 saturated carbocycles. The fraction of sp³-hybridized carbons (Fsp3) is 0.118. The first-order chi connectivity index (χ1) is 9.63. The first-order valence-electron chi connectivity index (χ1n) is 6.38. The molecule has 2 aromatic rings. The van der Waals surface area contributed by atoms with E-state index < -0.39 is 5.97 Å². The number of rotatable bonds is 4. The van der Waals surface area contributed by atoms with E-state index >= 15 is 0 Å². The van der Waals surface area contributed by atoms with Crippen molar-refractivity contribution in [2.75, 3.05) is 6.61 Å². The van der Waals surface area contributed by atoms with Gasteiger partial charge in [0.05, 0.1) is 12.2 Å². The molecule has 0 saturated heterocycles. The largest absolute Gasteiger partial charge is 0.507 e. The molecule has 0 aromatic heterocycles. The highest BCUT2D eigenvalue weighted by molar-refractivity contribution is 5.92. The lowest BCUT2D eigenvalue weighted by Gasteiger charge is -2.10. The Bertz CT molecular complexity index is 630. The monoisotopic (exact) mass is 268 g/mol. The molecule has 0 aliphatic rings. The van der Waals surface area contributed by atoms with Crippen LogP contribution in [0.25, 0.3) is 5.57 Å². The van der Waals surface area contributed by atoms with Gasteiger partial charge in [0.2, 0.25) is 0 Å². The van der Waals surface area contributed by atoms with E-state index in [0.717, 1.165) is 5.56 Å². The maximum absolute atomic E-state index is 11.7. The smallest absolute Gasteiger partial charge is 0.338 e. The van der Waals surface area contributed by atoms with Crippen molar-refractivity contribution >= 4 is 11.5 Å². The van der Waals surface area contributed by atoms with Gasteiger partial charge in [0.15, 0.2) is 0 Å². The number of phenolic OH excluding ortho intramolecular Hbond substituents is 1. The fourth-order valence-electron chi connectivity index (χ4n) is 1.91. The molecule has 0 spiro atoms. The van der Waals surface area contributed by atoms with Crippen LogP contribution in [0.5, 0.6) is 5.75 Å². The summed E-state index contributed by atoms with van der Waals surface area (Å²) in [6, 6.07) is 14.1. The maximum atomic E-state index is 11.7. The van der Waals surface area contributed by atoms with Gasteiger partial charge in [-0.15, -0.1) is 0 Å². The van der Waals surface area contributed by atoms with Crippen LogP contribution in [0.2, 0.25) is 0 Å². The van der Waals surface area contributed by atoms with Crippen molar-refractivity contribution in [1.82, 2.24) is 0 Å². The Morgan fingerprint density at radius 2 is 1.85 bits per heavy atom. The molecule has 20 heavy (non-hydrogen) atoms. The van der Waals surface area contributed by atoms with E-state index in [-0.39, 0.29) is 5.75 Å². The third-order valence-electron chi connectivity index (χ3n) is 2.96. The lowest BCUT2D eigenvalue weighted by atomic mass is 9.97. The van der Waals surface area contributed by atoms with Gasteiger partial charge in [-0.3, -0.25) is 0 Å². The van der Waals surface area contributed by atoms with Gasteiger partial charge in [-0.05, 0) is 36.3 Å². The molecule has 2 aromatic carbocycles. The van der Waals surface area contributed by atoms with Gasteiger partial charge in [0.1, 0.15) is 5.75 Å². The van der Waals surface area contributed by atoms with E-state index in [1.54, 1.807) is 13.0 Å². The second kappa shape index (κ2) is 6.06. The summed E-state index contributed by atoms with van der Waals surface area (Å²) in [5.41, 5.74) is 2.48. The van der Waals surface area contributed by atoms with Crippen LogP contribution in [0.4, 0.5) is 0 Å². The van der Waals surface area contributed by atoms with Crippen LogP contribution in [0.15, 0.2) is 55.1 Å². The molecule has 0 heterocycles. The summed E-state index contributed by atoms with van der Waals surface area (Å²) in [4.78, 5) is 11.7. The zero-order chi connectivity index (χ0) is 14.5. The van der Waals surface area contributed by atoms with E-state index in [1.165, 1.54) is 12.1 Å². The normalized spacial score (nSPS) is 10.1. The summed E-state index contributed by atoms with van der Waals surface area (Å²) < 4.78 is 4.96. The molecule has 3 nitrogen and oxygen atoms in total. The minimum atomic E-state index is -0.408. The number of carbonyl (C=O) groups is 1. The van der Waals surface area contributed by atoms with E-state index in [9.17, 15) is 9.90 Å². The number of phenols is 1. The number of hydrogen-bond acceptors (Lipinski definition) is 3. The van der Waals surface area contributed by atoms with Crippen LogP contribution in [-0.4, -0.2) is 17.7 Å². The molecule has 0 atom stereocenters. The summed E-state index contributed by atoms with van der Waals surface area (Å²) in [5.74, 6) is -0.318. The Balaban J connectivity index is 2.39. The summed E-state index contributed by atoms with van der Waals surface area (Å²) in [6.45, 7) is 6.06. The molecule has 0 radical (unpaired) electrons. The van der Waals surface area contributed by atoms with Crippen LogP contribution in [-0.2, 0) is 4.74 Å².